The number of amides is 1. The topological polar surface area (TPSA) is 99.3 Å². The maximum Gasteiger partial charge on any atom is 0.285 e. The Labute approximate surface area is 159 Å². The molecule has 1 heterocycles. The molecule has 0 radical (unpaired) electrons. The fraction of sp³-hybridized carbons (Fsp3) is 0.222. The van der Waals surface area contributed by atoms with E-state index in [1.807, 2.05) is 42.1 Å². The first-order valence-corrected chi connectivity index (χ1v) is 9.27. The lowest BCUT2D eigenvalue weighted by Crippen LogP contribution is -2.25. The third kappa shape index (κ3) is 3.59. The normalized spacial score (nSPS) is 10.8. The number of benzene rings is 2. The summed E-state index contributed by atoms with van der Waals surface area (Å²) in [6.45, 7) is 0.155. The van der Waals surface area contributed by atoms with Crippen molar-refractivity contribution in [2.24, 2.45) is 7.05 Å². The molecule has 0 unspecified atom stereocenters. The molecule has 3 rings (SSSR count). The number of rotatable bonds is 6. The Morgan fingerprint density at radius 1 is 1.37 bits per heavy atom. The van der Waals surface area contributed by atoms with Gasteiger partial charge in [0.15, 0.2) is 0 Å². The highest BCUT2D eigenvalue weighted by Gasteiger charge is 2.24. The number of aromatic nitrogens is 2. The van der Waals surface area contributed by atoms with E-state index in [9.17, 15) is 14.9 Å². The van der Waals surface area contributed by atoms with Gasteiger partial charge < -0.3 is 14.6 Å². The van der Waals surface area contributed by atoms with Gasteiger partial charge in [-0.25, -0.2) is 4.98 Å². The molecule has 0 aliphatic carbocycles. The highest BCUT2D eigenvalue weighted by atomic mass is 32.2. The number of fused-ring (bicyclic) bond motifs is 1. The van der Waals surface area contributed by atoms with Crippen molar-refractivity contribution in [3.8, 4) is 5.75 Å². The first-order chi connectivity index (χ1) is 13.0. The maximum atomic E-state index is 12.6. The number of methoxy groups -OCH3 is 1. The fourth-order valence-electron chi connectivity index (χ4n) is 2.81. The van der Waals surface area contributed by atoms with Gasteiger partial charge in [-0.2, -0.15) is 0 Å². The standard InChI is InChI=1S/C18H18N4O4S/c1-21-13-7-5-4-6-12(13)20-17(21)10-19-18(23)11-8-16(27-3)15(26-2)9-14(11)22(24)25/h4-9H,10H2,1-3H3,(H,19,23). The number of nitrogens with zero attached hydrogens (tertiary/aromatic N) is 3. The van der Waals surface area contributed by atoms with Crippen molar-refractivity contribution in [1.82, 2.24) is 14.9 Å². The molecule has 0 atom stereocenters. The molecule has 2 aromatic carbocycles. The monoisotopic (exact) mass is 386 g/mol. The van der Waals surface area contributed by atoms with Crippen LogP contribution in [0.25, 0.3) is 11.0 Å². The minimum Gasteiger partial charge on any atom is -0.495 e. The van der Waals surface area contributed by atoms with Crippen LogP contribution in [0.2, 0.25) is 0 Å². The highest BCUT2D eigenvalue weighted by molar-refractivity contribution is 7.98. The predicted octanol–water partition coefficient (Wildman–Crippen LogP) is 3.14. The summed E-state index contributed by atoms with van der Waals surface area (Å²) in [5.74, 6) is 0.485. The van der Waals surface area contributed by atoms with Gasteiger partial charge in [0, 0.05) is 7.05 Å². The minimum absolute atomic E-state index is 0.0103. The number of carbonyl (C=O) groups is 1. The van der Waals surface area contributed by atoms with Gasteiger partial charge in [-0.3, -0.25) is 14.9 Å². The second kappa shape index (κ2) is 7.67. The van der Waals surface area contributed by atoms with E-state index in [-0.39, 0.29) is 17.8 Å². The molecule has 0 fully saturated rings. The van der Waals surface area contributed by atoms with Crippen LogP contribution in [0.4, 0.5) is 5.69 Å². The number of nitrogens with one attached hydrogen (secondary N) is 1. The van der Waals surface area contributed by atoms with Crippen LogP contribution in [-0.2, 0) is 13.6 Å². The number of para-hydroxylation sites is 2. The first-order valence-electron chi connectivity index (χ1n) is 8.05. The minimum atomic E-state index is -0.587. The van der Waals surface area contributed by atoms with E-state index in [1.54, 1.807) is 0 Å². The van der Waals surface area contributed by atoms with Crippen molar-refractivity contribution in [3.05, 3.63) is 57.9 Å². The largest absolute Gasteiger partial charge is 0.495 e. The van der Waals surface area contributed by atoms with Crippen LogP contribution in [0.15, 0.2) is 41.3 Å². The van der Waals surface area contributed by atoms with Gasteiger partial charge in [0.05, 0.1) is 40.6 Å². The second-order valence-corrected chi connectivity index (χ2v) is 6.59. The van der Waals surface area contributed by atoms with Gasteiger partial charge in [0.1, 0.15) is 17.1 Å². The van der Waals surface area contributed by atoms with Crippen molar-refractivity contribution in [2.45, 2.75) is 11.4 Å². The van der Waals surface area contributed by atoms with Crippen molar-refractivity contribution in [1.29, 1.82) is 0 Å². The van der Waals surface area contributed by atoms with Gasteiger partial charge in [-0.15, -0.1) is 11.8 Å². The smallest absolute Gasteiger partial charge is 0.285 e. The Morgan fingerprint density at radius 2 is 2.11 bits per heavy atom. The van der Waals surface area contributed by atoms with E-state index in [1.165, 1.54) is 31.0 Å². The second-order valence-electron chi connectivity index (χ2n) is 5.74. The van der Waals surface area contributed by atoms with Gasteiger partial charge in [0.2, 0.25) is 0 Å². The van der Waals surface area contributed by atoms with Crippen LogP contribution in [0.5, 0.6) is 5.75 Å². The number of imidazole rings is 1. The fourth-order valence-corrected chi connectivity index (χ4v) is 3.39. The average molecular weight is 386 g/mol. The number of nitro benzene ring substituents is 1. The molecule has 140 valence electrons. The van der Waals surface area contributed by atoms with Crippen LogP contribution < -0.4 is 10.1 Å². The zero-order valence-electron chi connectivity index (χ0n) is 15.1. The molecule has 8 nitrogen and oxygen atoms in total. The number of aryl methyl sites for hydroxylation is 1. The summed E-state index contributed by atoms with van der Waals surface area (Å²) in [6, 6.07) is 10.4. The van der Waals surface area contributed by atoms with Crippen molar-refractivity contribution < 1.29 is 14.5 Å². The molecule has 1 aromatic heterocycles. The molecule has 0 saturated heterocycles. The van der Waals surface area contributed by atoms with Crippen molar-refractivity contribution >= 4 is 34.4 Å². The van der Waals surface area contributed by atoms with Crippen molar-refractivity contribution in [2.75, 3.05) is 13.4 Å². The van der Waals surface area contributed by atoms with E-state index in [0.717, 1.165) is 11.0 Å². The zero-order valence-corrected chi connectivity index (χ0v) is 15.9. The predicted molar refractivity (Wildman–Crippen MR) is 103 cm³/mol. The molecular weight excluding hydrogens is 368 g/mol. The molecule has 3 aromatic rings. The molecule has 27 heavy (non-hydrogen) atoms. The Bertz CT molecular complexity index is 1030. The molecule has 0 aliphatic rings. The summed E-state index contributed by atoms with van der Waals surface area (Å²) in [5.41, 5.74) is 1.46. The van der Waals surface area contributed by atoms with Crippen LogP contribution in [0, 0.1) is 10.1 Å². The van der Waals surface area contributed by atoms with E-state index in [4.69, 9.17) is 4.74 Å². The molecule has 0 aliphatic heterocycles. The SMILES string of the molecule is COc1cc([N+](=O)[O-])c(C(=O)NCc2nc3ccccc3n2C)cc1SC. The van der Waals surface area contributed by atoms with Crippen LogP contribution in [0.1, 0.15) is 16.2 Å². The van der Waals surface area contributed by atoms with E-state index < -0.39 is 10.8 Å². The molecular formula is C18H18N4O4S. The summed E-state index contributed by atoms with van der Waals surface area (Å²) < 4.78 is 7.05. The lowest BCUT2D eigenvalue weighted by Gasteiger charge is -2.10. The van der Waals surface area contributed by atoms with E-state index in [2.05, 4.69) is 10.3 Å². The first kappa shape index (κ1) is 18.7. The number of hydrogen-bond donors (Lipinski definition) is 1. The van der Waals surface area contributed by atoms with E-state index >= 15 is 0 Å². The summed E-state index contributed by atoms with van der Waals surface area (Å²) in [5, 5.41) is 14.1. The number of hydrogen-bond acceptors (Lipinski definition) is 6. The summed E-state index contributed by atoms with van der Waals surface area (Å²) in [4.78, 5) is 28.6. The Balaban J connectivity index is 1.89. The summed E-state index contributed by atoms with van der Waals surface area (Å²) >= 11 is 1.35. The molecule has 0 bridgehead atoms. The zero-order chi connectivity index (χ0) is 19.6. The lowest BCUT2D eigenvalue weighted by atomic mass is 10.1. The molecule has 1 N–H and O–H groups in total. The maximum absolute atomic E-state index is 12.6. The summed E-state index contributed by atoms with van der Waals surface area (Å²) in [6.07, 6.45) is 1.81. The summed E-state index contributed by atoms with van der Waals surface area (Å²) in [7, 11) is 3.29. The molecule has 1 amide bonds. The Hall–Kier alpha value is -3.07. The van der Waals surface area contributed by atoms with Gasteiger partial charge in [-0.1, -0.05) is 12.1 Å². The molecule has 0 saturated carbocycles. The van der Waals surface area contributed by atoms with E-state index in [0.29, 0.717) is 16.5 Å². The van der Waals surface area contributed by atoms with Gasteiger partial charge in [0.25, 0.3) is 11.6 Å². The van der Waals surface area contributed by atoms with Crippen LogP contribution in [0.3, 0.4) is 0 Å². The lowest BCUT2D eigenvalue weighted by molar-refractivity contribution is -0.385. The quantitative estimate of drug-likeness (QED) is 0.397. The molecule has 0 spiro atoms. The third-order valence-corrected chi connectivity index (χ3v) is 4.99. The van der Waals surface area contributed by atoms with Crippen LogP contribution in [-0.4, -0.2) is 33.7 Å². The Morgan fingerprint density at radius 3 is 2.74 bits per heavy atom. The molecule has 9 heteroatoms. The highest BCUT2D eigenvalue weighted by Crippen LogP contribution is 2.34. The average Bonchev–Trinajstić information content (AvgIpc) is 3.00. The van der Waals surface area contributed by atoms with Crippen LogP contribution >= 0.6 is 11.8 Å². The number of ether oxygens (including phenoxy) is 1. The third-order valence-electron chi connectivity index (χ3n) is 4.23. The number of nitro groups is 1. The van der Waals surface area contributed by atoms with Gasteiger partial charge in [-0.05, 0) is 24.5 Å². The van der Waals surface area contributed by atoms with Gasteiger partial charge >= 0.3 is 0 Å². The number of carbonyl (C=O) groups excluding carboxylic acids is 1. The Kier molecular flexibility index (Phi) is 5.31. The van der Waals surface area contributed by atoms with Crippen molar-refractivity contribution in [3.63, 3.8) is 0 Å². The number of thioether (sulfide) groups is 1.